The summed E-state index contributed by atoms with van der Waals surface area (Å²) in [6.07, 6.45) is -5.33. The van der Waals surface area contributed by atoms with Gasteiger partial charge in [0.2, 0.25) is 0 Å². The molecule has 2 aromatic carbocycles. The molecule has 0 heterocycles. The number of sulfonamides is 1. The average molecular weight is 403 g/mol. The van der Waals surface area contributed by atoms with Gasteiger partial charge in [-0.25, -0.2) is 13.2 Å². The number of hydrogen-bond acceptors (Lipinski definition) is 5. The van der Waals surface area contributed by atoms with Crippen molar-refractivity contribution in [3.63, 3.8) is 0 Å². The molecule has 2 aromatic rings. The molecule has 1 N–H and O–H groups in total. The number of esters is 1. The maximum atomic E-state index is 13.2. The average Bonchev–Trinajstić information content (AvgIpc) is 2.66. The summed E-state index contributed by atoms with van der Waals surface area (Å²) < 4.78 is 69.8. The van der Waals surface area contributed by atoms with Gasteiger partial charge in [0.25, 0.3) is 15.6 Å². The van der Waals surface area contributed by atoms with Crippen LogP contribution in [0, 0.1) is 0 Å². The summed E-state index contributed by atoms with van der Waals surface area (Å²) in [6.45, 7) is 0. The molecule has 6 nitrogen and oxygen atoms in total. The molecular weight excluding hydrogens is 387 g/mol. The van der Waals surface area contributed by atoms with Crippen LogP contribution in [0.1, 0.15) is 5.56 Å². The van der Waals surface area contributed by atoms with Crippen LogP contribution in [0.5, 0.6) is 0 Å². The van der Waals surface area contributed by atoms with Gasteiger partial charge >= 0.3 is 12.1 Å². The Morgan fingerprint density at radius 3 is 2.00 bits per heavy atom. The van der Waals surface area contributed by atoms with Crippen LogP contribution >= 0.6 is 0 Å². The Kier molecular flexibility index (Phi) is 5.52. The third kappa shape index (κ3) is 3.62. The van der Waals surface area contributed by atoms with E-state index in [1.165, 1.54) is 31.3 Å². The van der Waals surface area contributed by atoms with Crippen molar-refractivity contribution in [3.05, 3.63) is 60.2 Å². The maximum Gasteiger partial charge on any atom is 0.432 e. The third-order valence-electron chi connectivity index (χ3n) is 3.94. The zero-order valence-electron chi connectivity index (χ0n) is 14.3. The van der Waals surface area contributed by atoms with Crippen LogP contribution in [0.2, 0.25) is 0 Å². The van der Waals surface area contributed by atoms with E-state index < -0.39 is 33.3 Å². The standard InChI is InChI=1S/C17H16F3NO5S/c1-21(27(24,25)14-6-4-3-5-7-14)13-10-8-12(9-11-13)16(23,15(22)26-2)17(18,19)20/h3-11,23H,1-2H3/t16-/m1/s1. The van der Waals surface area contributed by atoms with Crippen LogP contribution in [0.4, 0.5) is 18.9 Å². The van der Waals surface area contributed by atoms with E-state index in [0.29, 0.717) is 7.11 Å². The summed E-state index contributed by atoms with van der Waals surface area (Å²) in [5, 5.41) is 9.92. The summed E-state index contributed by atoms with van der Waals surface area (Å²) in [5.41, 5.74) is -4.62. The highest BCUT2D eigenvalue weighted by Crippen LogP contribution is 2.40. The molecule has 27 heavy (non-hydrogen) atoms. The quantitative estimate of drug-likeness (QED) is 0.776. The first-order chi connectivity index (χ1) is 12.5. The molecule has 2 rings (SSSR count). The van der Waals surface area contributed by atoms with Gasteiger partial charge in [-0.05, 0) is 24.3 Å². The largest absolute Gasteiger partial charge is 0.466 e. The minimum atomic E-state index is -5.33. The van der Waals surface area contributed by atoms with Gasteiger partial charge in [0.15, 0.2) is 0 Å². The summed E-state index contributed by atoms with van der Waals surface area (Å²) >= 11 is 0. The fourth-order valence-corrected chi connectivity index (χ4v) is 3.56. The van der Waals surface area contributed by atoms with Crippen LogP contribution in [0.15, 0.2) is 59.5 Å². The predicted octanol–water partition coefficient (Wildman–Crippen LogP) is 2.43. The molecule has 0 bridgehead atoms. The lowest BCUT2D eigenvalue weighted by Gasteiger charge is -2.28. The van der Waals surface area contributed by atoms with Crippen LogP contribution in [0.25, 0.3) is 0 Å². The van der Waals surface area contributed by atoms with Crippen molar-refractivity contribution in [1.82, 2.24) is 0 Å². The molecule has 0 aliphatic rings. The van der Waals surface area contributed by atoms with Crippen LogP contribution in [-0.4, -0.2) is 39.8 Å². The second kappa shape index (κ2) is 7.20. The summed E-state index contributed by atoms with van der Waals surface area (Å²) in [7, 11) is -1.99. The van der Waals surface area contributed by atoms with E-state index in [2.05, 4.69) is 4.74 Å². The monoisotopic (exact) mass is 403 g/mol. The number of methoxy groups -OCH3 is 1. The lowest BCUT2D eigenvalue weighted by atomic mass is 9.93. The summed E-state index contributed by atoms with van der Waals surface area (Å²) in [4.78, 5) is 11.5. The van der Waals surface area contributed by atoms with E-state index in [9.17, 15) is 31.5 Å². The highest BCUT2D eigenvalue weighted by molar-refractivity contribution is 7.92. The molecule has 0 fully saturated rings. The third-order valence-corrected chi connectivity index (χ3v) is 5.74. The highest BCUT2D eigenvalue weighted by atomic mass is 32.2. The molecule has 0 saturated carbocycles. The number of benzene rings is 2. The van der Waals surface area contributed by atoms with Crippen molar-refractivity contribution in [2.24, 2.45) is 0 Å². The molecule has 0 unspecified atom stereocenters. The van der Waals surface area contributed by atoms with Gasteiger partial charge in [0.1, 0.15) is 0 Å². The fraction of sp³-hybridized carbons (Fsp3) is 0.235. The molecule has 0 amide bonds. The topological polar surface area (TPSA) is 83.9 Å². The van der Waals surface area contributed by atoms with Crippen molar-refractivity contribution in [1.29, 1.82) is 0 Å². The number of anilines is 1. The number of carbonyl (C=O) groups excluding carboxylic acids is 1. The van der Waals surface area contributed by atoms with E-state index in [1.54, 1.807) is 6.07 Å². The molecule has 0 aromatic heterocycles. The Balaban J connectivity index is 2.43. The van der Waals surface area contributed by atoms with E-state index in [0.717, 1.165) is 28.6 Å². The number of carbonyl (C=O) groups is 1. The normalized spacial score (nSPS) is 14.3. The first-order valence-corrected chi connectivity index (χ1v) is 8.92. The Bertz CT molecular complexity index is 914. The number of halogens is 3. The van der Waals surface area contributed by atoms with E-state index in [1.807, 2.05) is 0 Å². The van der Waals surface area contributed by atoms with Crippen molar-refractivity contribution in [3.8, 4) is 0 Å². The molecule has 0 aliphatic heterocycles. The molecule has 146 valence electrons. The molecule has 0 radical (unpaired) electrons. The van der Waals surface area contributed by atoms with Crippen molar-refractivity contribution >= 4 is 21.7 Å². The summed E-state index contributed by atoms with van der Waals surface area (Å²) in [5.74, 6) is -1.90. The number of alkyl halides is 3. The lowest BCUT2D eigenvalue weighted by Crippen LogP contribution is -2.49. The van der Waals surface area contributed by atoms with Gasteiger partial charge in [-0.3, -0.25) is 4.31 Å². The number of aliphatic hydroxyl groups is 1. The van der Waals surface area contributed by atoms with Gasteiger partial charge in [-0.2, -0.15) is 13.2 Å². The first kappa shape index (κ1) is 20.7. The van der Waals surface area contributed by atoms with E-state index in [4.69, 9.17) is 0 Å². The lowest BCUT2D eigenvalue weighted by molar-refractivity contribution is -0.266. The van der Waals surface area contributed by atoms with Crippen molar-refractivity contribution < 1.29 is 36.2 Å². The predicted molar refractivity (Wildman–Crippen MR) is 90.4 cm³/mol. The maximum absolute atomic E-state index is 13.2. The Hall–Kier alpha value is -2.59. The Labute approximate surface area is 153 Å². The van der Waals surface area contributed by atoms with Gasteiger partial charge in [0, 0.05) is 12.6 Å². The highest BCUT2D eigenvalue weighted by Gasteiger charge is 2.62. The number of ether oxygens (including phenoxy) is 1. The second-order valence-electron chi connectivity index (χ2n) is 5.53. The molecular formula is C17H16F3NO5S. The number of nitrogens with zero attached hydrogens (tertiary/aromatic N) is 1. The first-order valence-electron chi connectivity index (χ1n) is 7.48. The van der Waals surface area contributed by atoms with Crippen LogP contribution in [0.3, 0.4) is 0 Å². The Morgan fingerprint density at radius 2 is 1.56 bits per heavy atom. The minimum Gasteiger partial charge on any atom is -0.466 e. The SMILES string of the molecule is COC(=O)[C@](O)(c1ccc(N(C)S(=O)(=O)c2ccccc2)cc1)C(F)(F)F. The Morgan fingerprint density at radius 1 is 1.04 bits per heavy atom. The van der Waals surface area contributed by atoms with Crippen molar-refractivity contribution in [2.75, 3.05) is 18.5 Å². The fourth-order valence-electron chi connectivity index (χ4n) is 2.35. The zero-order valence-corrected chi connectivity index (χ0v) is 15.1. The number of rotatable bonds is 5. The summed E-state index contributed by atoms with van der Waals surface area (Å²) in [6, 6.07) is 11.2. The molecule has 10 heteroatoms. The van der Waals surface area contributed by atoms with Gasteiger partial charge < -0.3 is 9.84 Å². The number of hydrogen-bond donors (Lipinski definition) is 1. The van der Waals surface area contributed by atoms with Crippen LogP contribution < -0.4 is 4.31 Å². The minimum absolute atomic E-state index is 0.00191. The molecule has 0 saturated heterocycles. The van der Waals surface area contributed by atoms with Crippen LogP contribution in [-0.2, 0) is 25.2 Å². The molecule has 0 aliphatic carbocycles. The van der Waals surface area contributed by atoms with Gasteiger partial charge in [-0.15, -0.1) is 0 Å². The van der Waals surface area contributed by atoms with Crippen molar-refractivity contribution in [2.45, 2.75) is 16.7 Å². The van der Waals surface area contributed by atoms with E-state index >= 15 is 0 Å². The van der Waals surface area contributed by atoms with E-state index in [-0.39, 0.29) is 10.6 Å². The zero-order chi connectivity index (χ0) is 20.5. The van der Waals surface area contributed by atoms with Gasteiger partial charge in [0.05, 0.1) is 17.7 Å². The smallest absolute Gasteiger partial charge is 0.432 e. The van der Waals surface area contributed by atoms with Gasteiger partial charge in [-0.1, -0.05) is 30.3 Å². The second-order valence-corrected chi connectivity index (χ2v) is 7.50. The molecule has 0 spiro atoms. The molecule has 1 atom stereocenters.